The first-order valence-electron chi connectivity index (χ1n) is 5.74. The topological polar surface area (TPSA) is 68.8 Å². The van der Waals surface area contributed by atoms with Gasteiger partial charge in [-0.25, -0.2) is 13.8 Å². The second-order valence-corrected chi connectivity index (χ2v) is 4.31. The predicted molar refractivity (Wildman–Crippen MR) is 68.6 cm³/mol. The minimum absolute atomic E-state index is 0.0680. The minimum Gasteiger partial charge on any atom is -0.381 e. The molecule has 0 aromatic carbocycles. The molecule has 2 rings (SSSR count). The van der Waals surface area contributed by atoms with Crippen LogP contribution in [0.3, 0.4) is 0 Å². The van der Waals surface area contributed by atoms with Crippen LogP contribution < -0.4 is 11.1 Å². The largest absolute Gasteiger partial charge is 0.381 e. The number of nitrogens with zero attached hydrogens (tertiary/aromatic N) is 3. The maximum atomic E-state index is 13.5. The molecule has 7 heteroatoms. The van der Waals surface area contributed by atoms with Crippen LogP contribution in [0, 0.1) is 25.5 Å². The lowest BCUT2D eigenvalue weighted by atomic mass is 10.2. The SMILES string of the molecule is Cc1nn(C)c(C)c1CNc1nc(N)c(F)cc1F. The average Bonchev–Trinajstić information content (AvgIpc) is 2.57. The molecule has 0 aliphatic rings. The van der Waals surface area contributed by atoms with Crippen LogP contribution >= 0.6 is 0 Å². The fraction of sp³-hybridized carbons (Fsp3) is 0.333. The number of rotatable bonds is 3. The lowest BCUT2D eigenvalue weighted by molar-refractivity contribution is 0.579. The lowest BCUT2D eigenvalue weighted by Gasteiger charge is -2.08. The van der Waals surface area contributed by atoms with Crippen LogP contribution in [-0.2, 0) is 13.6 Å². The molecule has 0 spiro atoms. The number of anilines is 2. The first kappa shape index (κ1) is 13.3. The third-order valence-corrected chi connectivity index (χ3v) is 3.05. The van der Waals surface area contributed by atoms with Crippen molar-refractivity contribution in [2.24, 2.45) is 7.05 Å². The number of nitrogen functional groups attached to an aromatic ring is 1. The maximum absolute atomic E-state index is 13.5. The Morgan fingerprint density at radius 3 is 2.58 bits per heavy atom. The Morgan fingerprint density at radius 2 is 2.00 bits per heavy atom. The van der Waals surface area contributed by atoms with E-state index in [0.29, 0.717) is 12.6 Å². The summed E-state index contributed by atoms with van der Waals surface area (Å²) >= 11 is 0. The summed E-state index contributed by atoms with van der Waals surface area (Å²) < 4.78 is 28.2. The summed E-state index contributed by atoms with van der Waals surface area (Å²) in [6, 6.07) is 0.716. The highest BCUT2D eigenvalue weighted by molar-refractivity contribution is 5.45. The van der Waals surface area contributed by atoms with Crippen LogP contribution in [0.2, 0.25) is 0 Å². The minimum atomic E-state index is -0.864. The van der Waals surface area contributed by atoms with Crippen LogP contribution in [0.1, 0.15) is 17.0 Å². The Hall–Kier alpha value is -2.18. The van der Waals surface area contributed by atoms with Crippen molar-refractivity contribution in [3.8, 4) is 0 Å². The monoisotopic (exact) mass is 267 g/mol. The molecule has 0 aliphatic heterocycles. The molecule has 0 amide bonds. The van der Waals surface area contributed by atoms with E-state index < -0.39 is 11.6 Å². The number of aromatic nitrogens is 3. The highest BCUT2D eigenvalue weighted by Crippen LogP contribution is 2.19. The van der Waals surface area contributed by atoms with Crippen molar-refractivity contribution in [2.75, 3.05) is 11.1 Å². The maximum Gasteiger partial charge on any atom is 0.168 e. The van der Waals surface area contributed by atoms with Gasteiger partial charge in [0.2, 0.25) is 0 Å². The molecule has 2 aromatic rings. The van der Waals surface area contributed by atoms with Crippen molar-refractivity contribution >= 4 is 11.6 Å². The summed E-state index contributed by atoms with van der Waals surface area (Å²) in [7, 11) is 1.83. The summed E-state index contributed by atoms with van der Waals surface area (Å²) in [6.45, 7) is 4.13. The zero-order chi connectivity index (χ0) is 14.2. The highest BCUT2D eigenvalue weighted by atomic mass is 19.1. The number of pyridine rings is 1. The van der Waals surface area contributed by atoms with Gasteiger partial charge in [-0.05, 0) is 13.8 Å². The third kappa shape index (κ3) is 2.49. The molecule has 0 aliphatic carbocycles. The Balaban J connectivity index is 2.21. The molecule has 19 heavy (non-hydrogen) atoms. The van der Waals surface area contributed by atoms with Crippen molar-refractivity contribution < 1.29 is 8.78 Å². The van der Waals surface area contributed by atoms with Crippen molar-refractivity contribution in [1.82, 2.24) is 14.8 Å². The Labute approximate surface area is 109 Å². The van der Waals surface area contributed by atoms with E-state index >= 15 is 0 Å². The van der Waals surface area contributed by atoms with Gasteiger partial charge in [-0.15, -0.1) is 0 Å². The number of halogens is 2. The van der Waals surface area contributed by atoms with Gasteiger partial charge in [0.05, 0.1) is 5.69 Å². The van der Waals surface area contributed by atoms with Crippen LogP contribution in [0.5, 0.6) is 0 Å². The fourth-order valence-corrected chi connectivity index (χ4v) is 1.85. The summed E-state index contributed by atoms with van der Waals surface area (Å²) in [5.41, 5.74) is 8.09. The molecule has 0 bridgehead atoms. The van der Waals surface area contributed by atoms with Crippen molar-refractivity contribution in [1.29, 1.82) is 0 Å². The van der Waals surface area contributed by atoms with E-state index in [4.69, 9.17) is 5.73 Å². The number of aryl methyl sites for hydroxylation is 2. The zero-order valence-corrected chi connectivity index (χ0v) is 11.0. The van der Waals surface area contributed by atoms with E-state index in [1.807, 2.05) is 20.9 Å². The fourth-order valence-electron chi connectivity index (χ4n) is 1.85. The highest BCUT2D eigenvalue weighted by Gasteiger charge is 2.12. The Kier molecular flexibility index (Phi) is 3.37. The van der Waals surface area contributed by atoms with Crippen LogP contribution in [-0.4, -0.2) is 14.8 Å². The van der Waals surface area contributed by atoms with Gasteiger partial charge in [-0.2, -0.15) is 5.10 Å². The molecule has 0 saturated heterocycles. The molecule has 3 N–H and O–H groups in total. The van der Waals surface area contributed by atoms with Crippen LogP contribution in [0.4, 0.5) is 20.4 Å². The molecule has 102 valence electrons. The number of nitrogens with one attached hydrogen (secondary N) is 1. The van der Waals surface area contributed by atoms with Crippen molar-refractivity contribution in [3.63, 3.8) is 0 Å². The summed E-state index contributed by atoms with van der Waals surface area (Å²) in [4.78, 5) is 3.64. The molecule has 0 radical (unpaired) electrons. The van der Waals surface area contributed by atoms with Gasteiger partial charge in [-0.1, -0.05) is 0 Å². The van der Waals surface area contributed by atoms with Gasteiger partial charge >= 0.3 is 0 Å². The van der Waals surface area contributed by atoms with E-state index in [0.717, 1.165) is 17.0 Å². The van der Waals surface area contributed by atoms with Gasteiger partial charge in [0.15, 0.2) is 23.3 Å². The van der Waals surface area contributed by atoms with Gasteiger partial charge in [0.25, 0.3) is 0 Å². The molecule has 2 heterocycles. The van der Waals surface area contributed by atoms with E-state index in [1.54, 1.807) is 4.68 Å². The van der Waals surface area contributed by atoms with Crippen molar-refractivity contribution in [2.45, 2.75) is 20.4 Å². The molecule has 0 saturated carbocycles. The Morgan fingerprint density at radius 1 is 1.32 bits per heavy atom. The molecule has 0 fully saturated rings. The smallest absolute Gasteiger partial charge is 0.168 e. The van der Waals surface area contributed by atoms with E-state index in [1.165, 1.54) is 0 Å². The predicted octanol–water partition coefficient (Wildman–Crippen LogP) is 1.90. The van der Waals surface area contributed by atoms with Gasteiger partial charge in [0.1, 0.15) is 0 Å². The van der Waals surface area contributed by atoms with E-state index in [9.17, 15) is 8.78 Å². The van der Waals surface area contributed by atoms with Crippen molar-refractivity contribution in [3.05, 3.63) is 34.7 Å². The molecular formula is C12H15F2N5. The number of hydrogen-bond acceptors (Lipinski definition) is 4. The summed E-state index contributed by atoms with van der Waals surface area (Å²) in [5, 5.41) is 7.06. The molecule has 2 aromatic heterocycles. The molecule has 5 nitrogen and oxygen atoms in total. The van der Waals surface area contributed by atoms with Gasteiger partial charge in [0, 0.05) is 30.9 Å². The van der Waals surface area contributed by atoms with E-state index in [-0.39, 0.29) is 11.6 Å². The van der Waals surface area contributed by atoms with Gasteiger partial charge < -0.3 is 11.1 Å². The summed E-state index contributed by atoms with van der Waals surface area (Å²) in [6.07, 6.45) is 0. The summed E-state index contributed by atoms with van der Waals surface area (Å²) in [5.74, 6) is -2.03. The lowest BCUT2D eigenvalue weighted by Crippen LogP contribution is -2.08. The van der Waals surface area contributed by atoms with E-state index in [2.05, 4.69) is 15.4 Å². The number of hydrogen-bond donors (Lipinski definition) is 2. The first-order chi connectivity index (χ1) is 8.90. The first-order valence-corrected chi connectivity index (χ1v) is 5.74. The normalized spacial score (nSPS) is 10.8. The second kappa shape index (κ2) is 4.83. The van der Waals surface area contributed by atoms with Crippen LogP contribution in [0.25, 0.3) is 0 Å². The zero-order valence-electron chi connectivity index (χ0n) is 11.0. The quantitative estimate of drug-likeness (QED) is 0.891. The average molecular weight is 267 g/mol. The van der Waals surface area contributed by atoms with Crippen LogP contribution in [0.15, 0.2) is 6.07 Å². The standard InChI is InChI=1S/C12H15F2N5/c1-6-8(7(2)19(3)18-6)5-16-12-10(14)4-9(13)11(15)17-12/h4H,5H2,1-3H3,(H3,15,16,17). The molecule has 0 atom stereocenters. The molecule has 0 unspecified atom stereocenters. The third-order valence-electron chi connectivity index (χ3n) is 3.05. The Bertz CT molecular complexity index is 621. The molecular weight excluding hydrogens is 252 g/mol. The van der Waals surface area contributed by atoms with Gasteiger partial charge in [-0.3, -0.25) is 4.68 Å². The second-order valence-electron chi connectivity index (χ2n) is 4.31. The number of nitrogens with two attached hydrogens (primary N) is 1.